The zero-order chi connectivity index (χ0) is 6.08. The SMILES string of the molecule is C[SiH](O)C(F)(F)F. The second-order valence-corrected chi connectivity index (χ2v) is 3.22. The lowest BCUT2D eigenvalue weighted by Gasteiger charge is -2.04. The highest BCUT2D eigenvalue weighted by Gasteiger charge is 2.35. The van der Waals surface area contributed by atoms with E-state index in [1.165, 1.54) is 0 Å². The third kappa shape index (κ3) is 2.64. The van der Waals surface area contributed by atoms with E-state index in [-0.39, 0.29) is 0 Å². The van der Waals surface area contributed by atoms with Crippen LogP contribution in [0.2, 0.25) is 6.55 Å². The molecular formula is C2H5F3OSi. The molecule has 0 amide bonds. The molecule has 0 aromatic rings. The van der Waals surface area contributed by atoms with Crippen LogP contribution in [0, 0.1) is 0 Å². The van der Waals surface area contributed by atoms with Gasteiger partial charge in [-0.3, -0.25) is 0 Å². The lowest BCUT2D eigenvalue weighted by molar-refractivity contribution is -0.0613. The maximum atomic E-state index is 11.0. The van der Waals surface area contributed by atoms with Gasteiger partial charge in [0.2, 0.25) is 0 Å². The second-order valence-electron chi connectivity index (χ2n) is 1.22. The van der Waals surface area contributed by atoms with Gasteiger partial charge in [-0.05, 0) is 6.55 Å². The minimum absolute atomic E-state index is 0.819. The van der Waals surface area contributed by atoms with Crippen LogP contribution in [0.15, 0.2) is 0 Å². The first-order valence-electron chi connectivity index (χ1n) is 1.69. The zero-order valence-electron chi connectivity index (χ0n) is 3.66. The predicted molar refractivity (Wildman–Crippen MR) is 21.3 cm³/mol. The Labute approximate surface area is 40.5 Å². The van der Waals surface area contributed by atoms with Crippen LogP contribution in [0.25, 0.3) is 0 Å². The lowest BCUT2D eigenvalue weighted by Crippen LogP contribution is -2.29. The van der Waals surface area contributed by atoms with Gasteiger partial charge in [0.1, 0.15) is 0 Å². The maximum absolute atomic E-state index is 11.0. The standard InChI is InChI=1S/C2H5F3OSi/c1-7(6)2(3,4)5/h6-7H,1H3. The van der Waals surface area contributed by atoms with Crippen LogP contribution in [0.5, 0.6) is 0 Å². The molecule has 5 heteroatoms. The number of alkyl halides is 3. The van der Waals surface area contributed by atoms with E-state index in [9.17, 15) is 13.2 Å². The summed E-state index contributed by atoms with van der Waals surface area (Å²) in [4.78, 5) is 7.90. The van der Waals surface area contributed by atoms with Crippen molar-refractivity contribution in [3.05, 3.63) is 0 Å². The summed E-state index contributed by atoms with van der Waals surface area (Å²) in [6.45, 7) is 0.819. The summed E-state index contributed by atoms with van der Waals surface area (Å²) >= 11 is 0. The molecule has 0 bridgehead atoms. The second kappa shape index (κ2) is 1.83. The van der Waals surface area contributed by atoms with Crippen LogP contribution < -0.4 is 0 Å². The molecule has 1 N–H and O–H groups in total. The summed E-state index contributed by atoms with van der Waals surface area (Å²) in [7, 11) is -3.36. The molecule has 0 aliphatic heterocycles. The third-order valence-corrected chi connectivity index (χ3v) is 1.42. The molecule has 0 rings (SSSR count). The Morgan fingerprint density at radius 2 is 1.57 bits per heavy atom. The van der Waals surface area contributed by atoms with Crippen LogP contribution in [-0.2, 0) is 0 Å². The molecule has 0 aromatic heterocycles. The van der Waals surface area contributed by atoms with Gasteiger partial charge < -0.3 is 4.80 Å². The largest absolute Gasteiger partial charge is 0.427 e. The smallest absolute Gasteiger partial charge is 0.385 e. The van der Waals surface area contributed by atoms with Gasteiger partial charge in [0.25, 0.3) is 9.04 Å². The number of rotatable bonds is 0. The van der Waals surface area contributed by atoms with Crippen molar-refractivity contribution in [2.24, 2.45) is 0 Å². The zero-order valence-corrected chi connectivity index (χ0v) is 4.81. The van der Waals surface area contributed by atoms with Crippen molar-refractivity contribution in [3.63, 3.8) is 0 Å². The first-order chi connectivity index (χ1) is 2.94. The summed E-state index contributed by atoms with van der Waals surface area (Å²) in [6.07, 6.45) is 0. The van der Waals surface area contributed by atoms with Gasteiger partial charge in [0, 0.05) is 0 Å². The van der Waals surface area contributed by atoms with E-state index in [0.717, 1.165) is 6.55 Å². The molecule has 0 aliphatic rings. The predicted octanol–water partition coefficient (Wildman–Crippen LogP) is 0.434. The van der Waals surface area contributed by atoms with Crippen molar-refractivity contribution in [3.8, 4) is 0 Å². The molecule has 7 heavy (non-hydrogen) atoms. The van der Waals surface area contributed by atoms with Crippen molar-refractivity contribution in [2.75, 3.05) is 0 Å². The van der Waals surface area contributed by atoms with Crippen molar-refractivity contribution in [1.29, 1.82) is 0 Å². The summed E-state index contributed by atoms with van der Waals surface area (Å²) in [5, 5.41) is 0. The Morgan fingerprint density at radius 1 is 1.43 bits per heavy atom. The van der Waals surface area contributed by atoms with Gasteiger partial charge in [0.15, 0.2) is 0 Å². The molecule has 1 nitrogen and oxygen atoms in total. The molecule has 0 aliphatic carbocycles. The van der Waals surface area contributed by atoms with Crippen LogP contribution in [0.4, 0.5) is 13.2 Å². The summed E-state index contributed by atoms with van der Waals surface area (Å²) in [5.41, 5.74) is 0. The third-order valence-electron chi connectivity index (χ3n) is 0.474. The average molecular weight is 130 g/mol. The van der Waals surface area contributed by atoms with Crippen LogP contribution in [0.1, 0.15) is 0 Å². The fourth-order valence-electron chi connectivity index (χ4n) is 0. The van der Waals surface area contributed by atoms with Gasteiger partial charge in [-0.1, -0.05) is 0 Å². The quantitative estimate of drug-likeness (QED) is 0.471. The molecule has 0 heterocycles. The van der Waals surface area contributed by atoms with Gasteiger partial charge >= 0.3 is 5.80 Å². The van der Waals surface area contributed by atoms with Crippen molar-refractivity contribution in [1.82, 2.24) is 0 Å². The van der Waals surface area contributed by atoms with Crippen molar-refractivity contribution in [2.45, 2.75) is 12.3 Å². The molecule has 1 atom stereocenters. The molecule has 0 fully saturated rings. The monoisotopic (exact) mass is 130 g/mol. The molecule has 44 valence electrons. The number of halogens is 3. The molecule has 0 saturated carbocycles. The maximum Gasteiger partial charge on any atom is 0.385 e. The van der Waals surface area contributed by atoms with Gasteiger partial charge in [-0.25, -0.2) is 0 Å². The van der Waals surface area contributed by atoms with Gasteiger partial charge in [-0.15, -0.1) is 0 Å². The van der Waals surface area contributed by atoms with Gasteiger partial charge in [0.05, 0.1) is 0 Å². The van der Waals surface area contributed by atoms with Crippen LogP contribution in [-0.4, -0.2) is 19.6 Å². The summed E-state index contributed by atoms with van der Waals surface area (Å²) < 4.78 is 33.0. The van der Waals surface area contributed by atoms with Crippen LogP contribution in [0.3, 0.4) is 0 Å². The minimum Gasteiger partial charge on any atom is -0.427 e. The van der Waals surface area contributed by atoms with Gasteiger partial charge in [-0.2, -0.15) is 13.2 Å². The highest BCUT2D eigenvalue weighted by molar-refractivity contribution is 6.50. The van der Waals surface area contributed by atoms with E-state index in [1.807, 2.05) is 0 Å². The molecule has 1 unspecified atom stereocenters. The Balaban J connectivity index is 3.54. The lowest BCUT2D eigenvalue weighted by atomic mass is 11.5. The Kier molecular flexibility index (Phi) is 1.82. The summed E-state index contributed by atoms with van der Waals surface area (Å²) in [6, 6.07) is 0. The van der Waals surface area contributed by atoms with E-state index in [0.29, 0.717) is 0 Å². The summed E-state index contributed by atoms with van der Waals surface area (Å²) in [5.74, 6) is -4.31. The first-order valence-corrected chi connectivity index (χ1v) is 3.94. The van der Waals surface area contributed by atoms with E-state index >= 15 is 0 Å². The molecule has 0 radical (unpaired) electrons. The van der Waals surface area contributed by atoms with Crippen LogP contribution >= 0.6 is 0 Å². The fourth-order valence-corrected chi connectivity index (χ4v) is 0. The number of hydrogen-bond donors (Lipinski definition) is 1. The van der Waals surface area contributed by atoms with Crippen molar-refractivity contribution >= 4 is 9.04 Å². The molecule has 0 spiro atoms. The highest BCUT2D eigenvalue weighted by Crippen LogP contribution is 2.15. The fraction of sp³-hybridized carbons (Fsp3) is 1.00. The van der Waals surface area contributed by atoms with E-state index in [2.05, 4.69) is 0 Å². The molecular weight excluding hydrogens is 125 g/mol. The highest BCUT2D eigenvalue weighted by atomic mass is 28.3. The first kappa shape index (κ1) is 6.97. The Morgan fingerprint density at radius 3 is 1.57 bits per heavy atom. The van der Waals surface area contributed by atoms with Crippen molar-refractivity contribution < 1.29 is 18.0 Å². The average Bonchev–Trinajstić information content (AvgIpc) is 1.31. The molecule has 0 saturated heterocycles. The van der Waals surface area contributed by atoms with E-state index in [1.54, 1.807) is 0 Å². The minimum atomic E-state index is -4.31. The van der Waals surface area contributed by atoms with E-state index < -0.39 is 14.8 Å². The normalized spacial score (nSPS) is 16.7. The Bertz CT molecular complexity index is 58.4. The number of hydrogen-bond acceptors (Lipinski definition) is 1. The molecule has 0 aromatic carbocycles. The topological polar surface area (TPSA) is 20.2 Å². The Hall–Kier alpha value is -0.0331. The van der Waals surface area contributed by atoms with E-state index in [4.69, 9.17) is 4.80 Å².